The molecule has 0 aliphatic carbocycles. The summed E-state index contributed by atoms with van der Waals surface area (Å²) in [5, 5.41) is 4.26. The molecule has 0 saturated heterocycles. The lowest BCUT2D eigenvalue weighted by Crippen LogP contribution is -2.10. The van der Waals surface area contributed by atoms with Crippen molar-refractivity contribution in [1.29, 1.82) is 0 Å². The van der Waals surface area contributed by atoms with Crippen molar-refractivity contribution in [2.24, 2.45) is 0 Å². The minimum Gasteiger partial charge on any atom is -0.458 e. The molecular formula is C11H11Br2NO. The third-order valence-electron chi connectivity index (χ3n) is 2.41. The third-order valence-corrected chi connectivity index (χ3v) is 3.46. The summed E-state index contributed by atoms with van der Waals surface area (Å²) in [6, 6.07) is 6.32. The second-order valence-electron chi connectivity index (χ2n) is 3.47. The Labute approximate surface area is 105 Å². The molecule has 0 saturated carbocycles. The van der Waals surface area contributed by atoms with Gasteiger partial charge < -0.3 is 9.73 Å². The van der Waals surface area contributed by atoms with Gasteiger partial charge in [0.15, 0.2) is 0 Å². The number of halogens is 2. The molecule has 1 aromatic carbocycles. The first kappa shape index (κ1) is 11.2. The van der Waals surface area contributed by atoms with Crippen LogP contribution in [0.4, 0.5) is 0 Å². The molecule has 0 fully saturated rings. The third kappa shape index (κ3) is 2.12. The van der Waals surface area contributed by atoms with Crippen molar-refractivity contribution in [2.75, 3.05) is 7.05 Å². The van der Waals surface area contributed by atoms with Gasteiger partial charge in [0.05, 0.1) is 10.5 Å². The molecule has 15 heavy (non-hydrogen) atoms. The average Bonchev–Trinajstić information content (AvgIpc) is 2.60. The number of rotatable bonds is 2. The van der Waals surface area contributed by atoms with E-state index in [1.165, 1.54) is 0 Å². The standard InChI is InChI=1S/C11H11Br2NO/c1-6(14-2)10-4-7-3-8(12)5-9(13)11(7)15-10/h3-6,14H,1-2H3. The SMILES string of the molecule is CNC(C)c1cc2cc(Br)cc(Br)c2o1. The lowest BCUT2D eigenvalue weighted by Gasteiger charge is -2.04. The number of hydrogen-bond acceptors (Lipinski definition) is 2. The molecule has 1 heterocycles. The van der Waals surface area contributed by atoms with Crippen molar-refractivity contribution in [3.63, 3.8) is 0 Å². The fourth-order valence-corrected chi connectivity index (χ4v) is 2.79. The first-order valence-electron chi connectivity index (χ1n) is 4.67. The molecule has 2 aromatic rings. The molecule has 0 aliphatic heterocycles. The first-order chi connectivity index (χ1) is 7.11. The van der Waals surface area contributed by atoms with Gasteiger partial charge in [-0.2, -0.15) is 0 Å². The smallest absolute Gasteiger partial charge is 0.148 e. The van der Waals surface area contributed by atoms with Gasteiger partial charge in [-0.3, -0.25) is 0 Å². The molecule has 0 bridgehead atoms. The topological polar surface area (TPSA) is 25.2 Å². The molecule has 4 heteroatoms. The highest BCUT2D eigenvalue weighted by Gasteiger charge is 2.12. The summed E-state index contributed by atoms with van der Waals surface area (Å²) in [4.78, 5) is 0. The van der Waals surface area contributed by atoms with E-state index >= 15 is 0 Å². The quantitative estimate of drug-likeness (QED) is 0.889. The average molecular weight is 333 g/mol. The molecule has 0 aliphatic rings. The molecule has 2 rings (SSSR count). The van der Waals surface area contributed by atoms with E-state index in [4.69, 9.17) is 4.42 Å². The maximum absolute atomic E-state index is 5.78. The summed E-state index contributed by atoms with van der Waals surface area (Å²) in [5.41, 5.74) is 0.898. The van der Waals surface area contributed by atoms with Gasteiger partial charge in [-0.15, -0.1) is 0 Å². The Morgan fingerprint density at radius 2 is 2.00 bits per heavy atom. The zero-order chi connectivity index (χ0) is 11.0. The maximum atomic E-state index is 5.78. The molecule has 0 spiro atoms. The van der Waals surface area contributed by atoms with E-state index in [-0.39, 0.29) is 6.04 Å². The van der Waals surface area contributed by atoms with Gasteiger partial charge in [-0.25, -0.2) is 0 Å². The fourth-order valence-electron chi connectivity index (χ4n) is 1.45. The number of furan rings is 1. The Balaban J connectivity index is 2.60. The summed E-state index contributed by atoms with van der Waals surface area (Å²) >= 11 is 6.95. The van der Waals surface area contributed by atoms with Crippen LogP contribution in [0, 0.1) is 0 Å². The van der Waals surface area contributed by atoms with E-state index in [1.807, 2.05) is 13.1 Å². The normalized spacial score (nSPS) is 13.3. The summed E-state index contributed by atoms with van der Waals surface area (Å²) in [7, 11) is 1.92. The lowest BCUT2D eigenvalue weighted by atomic mass is 10.2. The Hall–Kier alpha value is -0.320. The number of benzene rings is 1. The molecule has 1 N–H and O–H groups in total. The van der Waals surface area contributed by atoms with Gasteiger partial charge in [-0.05, 0) is 48.1 Å². The van der Waals surface area contributed by atoms with E-state index in [9.17, 15) is 0 Å². The van der Waals surface area contributed by atoms with Crippen molar-refractivity contribution in [3.8, 4) is 0 Å². The predicted octanol–water partition coefficient (Wildman–Crippen LogP) is 4.24. The molecule has 1 aromatic heterocycles. The molecule has 2 nitrogen and oxygen atoms in total. The summed E-state index contributed by atoms with van der Waals surface area (Å²) in [6.07, 6.45) is 0. The highest BCUT2D eigenvalue weighted by molar-refractivity contribution is 9.11. The zero-order valence-electron chi connectivity index (χ0n) is 8.47. The van der Waals surface area contributed by atoms with Crippen LogP contribution in [0.5, 0.6) is 0 Å². The lowest BCUT2D eigenvalue weighted by molar-refractivity contribution is 0.474. The Morgan fingerprint density at radius 3 is 2.67 bits per heavy atom. The van der Waals surface area contributed by atoms with E-state index in [0.29, 0.717) is 0 Å². The molecule has 0 radical (unpaired) electrons. The van der Waals surface area contributed by atoms with E-state index < -0.39 is 0 Å². The van der Waals surface area contributed by atoms with Crippen LogP contribution in [0.1, 0.15) is 18.7 Å². The monoisotopic (exact) mass is 331 g/mol. The Kier molecular flexibility index (Phi) is 3.19. The Bertz CT molecular complexity index is 493. The van der Waals surface area contributed by atoms with Crippen LogP contribution in [-0.4, -0.2) is 7.05 Å². The van der Waals surface area contributed by atoms with Crippen LogP contribution < -0.4 is 5.32 Å². The summed E-state index contributed by atoms with van der Waals surface area (Å²) < 4.78 is 7.80. The number of hydrogen-bond donors (Lipinski definition) is 1. The highest BCUT2D eigenvalue weighted by Crippen LogP contribution is 2.32. The van der Waals surface area contributed by atoms with E-state index in [1.54, 1.807) is 0 Å². The van der Waals surface area contributed by atoms with Gasteiger partial charge in [0.25, 0.3) is 0 Å². The zero-order valence-corrected chi connectivity index (χ0v) is 11.6. The van der Waals surface area contributed by atoms with Crippen LogP contribution in [0.15, 0.2) is 31.6 Å². The second-order valence-corrected chi connectivity index (χ2v) is 5.24. The van der Waals surface area contributed by atoms with Gasteiger partial charge in [-0.1, -0.05) is 15.9 Å². The highest BCUT2D eigenvalue weighted by atomic mass is 79.9. The fraction of sp³-hybridized carbons (Fsp3) is 0.273. The van der Waals surface area contributed by atoms with Gasteiger partial charge in [0.1, 0.15) is 11.3 Å². The largest absolute Gasteiger partial charge is 0.458 e. The maximum Gasteiger partial charge on any atom is 0.148 e. The second kappa shape index (κ2) is 4.28. The minimum atomic E-state index is 0.225. The van der Waals surface area contributed by atoms with Gasteiger partial charge >= 0.3 is 0 Å². The molecular weight excluding hydrogens is 322 g/mol. The first-order valence-corrected chi connectivity index (χ1v) is 6.26. The van der Waals surface area contributed by atoms with E-state index in [0.717, 1.165) is 25.7 Å². The van der Waals surface area contributed by atoms with Crippen molar-refractivity contribution in [2.45, 2.75) is 13.0 Å². The van der Waals surface area contributed by atoms with Crippen LogP contribution in [0.3, 0.4) is 0 Å². The predicted molar refractivity (Wildman–Crippen MR) is 69.1 cm³/mol. The molecule has 0 amide bonds. The van der Waals surface area contributed by atoms with Crippen molar-refractivity contribution < 1.29 is 4.42 Å². The molecule has 1 unspecified atom stereocenters. The van der Waals surface area contributed by atoms with Crippen molar-refractivity contribution >= 4 is 42.8 Å². The number of fused-ring (bicyclic) bond motifs is 1. The molecule has 1 atom stereocenters. The summed E-state index contributed by atoms with van der Waals surface area (Å²) in [6.45, 7) is 2.07. The van der Waals surface area contributed by atoms with Crippen LogP contribution in [0.2, 0.25) is 0 Å². The van der Waals surface area contributed by atoms with Crippen LogP contribution in [-0.2, 0) is 0 Å². The van der Waals surface area contributed by atoms with E-state index in [2.05, 4.69) is 56.2 Å². The molecule has 80 valence electrons. The van der Waals surface area contributed by atoms with Gasteiger partial charge in [0, 0.05) is 9.86 Å². The van der Waals surface area contributed by atoms with Crippen molar-refractivity contribution in [1.82, 2.24) is 5.32 Å². The number of nitrogens with one attached hydrogen (secondary N) is 1. The Morgan fingerprint density at radius 1 is 1.27 bits per heavy atom. The van der Waals surface area contributed by atoms with Crippen LogP contribution >= 0.6 is 31.9 Å². The van der Waals surface area contributed by atoms with Crippen molar-refractivity contribution in [3.05, 3.63) is 32.9 Å². The minimum absolute atomic E-state index is 0.225. The van der Waals surface area contributed by atoms with Gasteiger partial charge in [0.2, 0.25) is 0 Å². The van der Waals surface area contributed by atoms with Crippen LogP contribution in [0.25, 0.3) is 11.0 Å². The summed E-state index contributed by atoms with van der Waals surface area (Å²) in [5.74, 6) is 0.950.